The van der Waals surface area contributed by atoms with Crippen LogP contribution in [0.4, 0.5) is 0 Å². The zero-order valence-corrected chi connectivity index (χ0v) is 25.2. The fourth-order valence-corrected chi connectivity index (χ4v) is 6.90. The van der Waals surface area contributed by atoms with Gasteiger partial charge in [0.1, 0.15) is 30.8 Å². The Morgan fingerprint density at radius 2 is 1.69 bits per heavy atom. The zero-order chi connectivity index (χ0) is 30.1. The van der Waals surface area contributed by atoms with Gasteiger partial charge in [-0.2, -0.15) is 0 Å². The average Bonchev–Trinajstić information content (AvgIpc) is 2.96. The van der Waals surface area contributed by atoms with E-state index in [1.807, 2.05) is 48.5 Å². The lowest BCUT2D eigenvalue weighted by molar-refractivity contribution is -0.148. The first-order valence-corrected chi connectivity index (χ1v) is 16.4. The summed E-state index contributed by atoms with van der Waals surface area (Å²) in [5, 5.41) is 12.9. The highest BCUT2D eigenvalue weighted by atomic mass is 33.1. The first-order chi connectivity index (χ1) is 20.2. The maximum Gasteiger partial charge on any atom is 0.326 e. The molecule has 2 heterocycles. The summed E-state index contributed by atoms with van der Waals surface area (Å²) in [4.78, 5) is 66.1. The Balaban J connectivity index is 1.70. The van der Waals surface area contributed by atoms with Gasteiger partial charge in [-0.05, 0) is 34.8 Å². The summed E-state index contributed by atoms with van der Waals surface area (Å²) in [7, 11) is 2.97. The molecule has 42 heavy (non-hydrogen) atoms. The van der Waals surface area contributed by atoms with E-state index < -0.39 is 60.4 Å². The number of benzene rings is 2. The molecule has 0 aromatic heterocycles. The molecule has 2 aromatic carbocycles. The van der Waals surface area contributed by atoms with Crippen molar-refractivity contribution < 1.29 is 28.7 Å². The second kappa shape index (κ2) is 15.1. The zero-order valence-electron chi connectivity index (χ0n) is 23.6. The highest BCUT2D eigenvalue weighted by molar-refractivity contribution is 8.76. The van der Waals surface area contributed by atoms with E-state index in [4.69, 9.17) is 4.74 Å². The lowest BCUT2D eigenvalue weighted by atomic mass is 9.98. The van der Waals surface area contributed by atoms with E-state index in [9.17, 15) is 24.0 Å². The normalized spacial score (nSPS) is 25.2. The van der Waals surface area contributed by atoms with E-state index in [1.165, 1.54) is 21.6 Å². The molecule has 2 aliphatic heterocycles. The molecule has 1 fully saturated rings. The first kappa shape index (κ1) is 31.4. The van der Waals surface area contributed by atoms with Gasteiger partial charge >= 0.3 is 5.97 Å². The van der Waals surface area contributed by atoms with Crippen LogP contribution in [-0.2, 0) is 35.1 Å². The van der Waals surface area contributed by atoms with E-state index in [-0.39, 0.29) is 24.5 Å². The molecule has 0 radical (unpaired) electrons. The van der Waals surface area contributed by atoms with E-state index in [1.54, 1.807) is 19.9 Å². The number of carbonyl (C=O) groups is 5. The molecule has 4 N–H and O–H groups in total. The molecule has 224 valence electrons. The quantitative estimate of drug-likeness (QED) is 0.235. The lowest BCUT2D eigenvalue weighted by Gasteiger charge is -2.27. The number of ether oxygens (including phenoxy) is 1. The molecule has 4 atom stereocenters. The summed E-state index contributed by atoms with van der Waals surface area (Å²) < 4.78 is 5.54. The van der Waals surface area contributed by atoms with Gasteiger partial charge < -0.3 is 26.0 Å². The number of amides is 4. The van der Waals surface area contributed by atoms with Gasteiger partial charge in [0, 0.05) is 17.9 Å². The Labute approximate surface area is 252 Å². The van der Waals surface area contributed by atoms with Gasteiger partial charge in [-0.3, -0.25) is 24.0 Å². The topological polar surface area (TPSA) is 143 Å². The Hall–Kier alpha value is -3.51. The Kier molecular flexibility index (Phi) is 11.3. The summed E-state index contributed by atoms with van der Waals surface area (Å²) in [6.45, 7) is 3.14. The summed E-state index contributed by atoms with van der Waals surface area (Å²) in [5.41, 5.74) is 0.842. The molecule has 2 aromatic rings. The number of carbonyl (C=O) groups excluding carboxylic acids is 5. The van der Waals surface area contributed by atoms with Crippen LogP contribution in [-0.4, -0.2) is 71.9 Å². The molecule has 2 aliphatic rings. The minimum atomic E-state index is -1.03. The van der Waals surface area contributed by atoms with Crippen LogP contribution in [0.25, 0.3) is 10.8 Å². The predicted molar refractivity (Wildman–Crippen MR) is 164 cm³/mol. The molecular weight excluding hydrogens is 576 g/mol. The molecule has 12 heteroatoms. The van der Waals surface area contributed by atoms with Crippen molar-refractivity contribution in [3.63, 3.8) is 0 Å². The smallest absolute Gasteiger partial charge is 0.326 e. The lowest BCUT2D eigenvalue weighted by Crippen LogP contribution is -2.59. The van der Waals surface area contributed by atoms with Gasteiger partial charge in [0.2, 0.25) is 23.6 Å². The second-order valence-corrected chi connectivity index (χ2v) is 13.2. The highest BCUT2D eigenvalue weighted by Gasteiger charge is 2.32. The van der Waals surface area contributed by atoms with Gasteiger partial charge in [0.25, 0.3) is 0 Å². The molecular formula is C30H36N4O6S2. The summed E-state index contributed by atoms with van der Waals surface area (Å²) >= 11 is 0. The number of rotatable bonds is 3. The van der Waals surface area contributed by atoms with Crippen LogP contribution in [0.2, 0.25) is 0 Å². The molecule has 10 nitrogen and oxygen atoms in total. The van der Waals surface area contributed by atoms with Crippen LogP contribution < -0.4 is 21.3 Å². The number of hydrogen-bond acceptors (Lipinski definition) is 8. The fourth-order valence-electron chi connectivity index (χ4n) is 4.75. The predicted octanol–water partition coefficient (Wildman–Crippen LogP) is 2.27. The third-order valence-electron chi connectivity index (χ3n) is 6.95. The minimum absolute atomic E-state index is 0.159. The molecule has 4 amide bonds. The van der Waals surface area contributed by atoms with Crippen LogP contribution >= 0.6 is 21.6 Å². The van der Waals surface area contributed by atoms with Gasteiger partial charge in [0.15, 0.2) is 0 Å². The fraction of sp³-hybridized carbons (Fsp3) is 0.433. The molecule has 2 bridgehead atoms. The molecule has 0 unspecified atom stereocenters. The van der Waals surface area contributed by atoms with Crippen LogP contribution in [0.3, 0.4) is 0 Å². The van der Waals surface area contributed by atoms with E-state index in [0.29, 0.717) is 12.2 Å². The van der Waals surface area contributed by atoms with Gasteiger partial charge in [-0.25, -0.2) is 0 Å². The number of fused-ring (bicyclic) bond motifs is 8. The maximum atomic E-state index is 13.7. The van der Waals surface area contributed by atoms with Crippen molar-refractivity contribution in [3.05, 3.63) is 60.2 Å². The van der Waals surface area contributed by atoms with E-state index in [0.717, 1.165) is 16.3 Å². The molecule has 0 aliphatic carbocycles. The minimum Gasteiger partial charge on any atom is -0.456 e. The standard InChI is InChI=1S/C30H36N4O6S2/c1-18(2)27-30(39)33-24-17-42-41-13-6-5-11-21(15-25(35)34-27)40-26(36)16-31-28(37)23(32-29(24)38)14-20-10-7-9-19-8-3-4-12-22(19)20/h3-5,7-12,18,21,23-24,27H,6,13-17H2,1-2H3,(H,31,37)(H,32,38)(H,33,39)(H,34,35)/t21-,23-,24-,27-/m1/s1. The summed E-state index contributed by atoms with van der Waals surface area (Å²) in [6.07, 6.45) is 3.23. The van der Waals surface area contributed by atoms with Crippen LogP contribution in [0.5, 0.6) is 0 Å². The number of nitrogens with one attached hydrogen (secondary N) is 4. The molecule has 0 saturated carbocycles. The van der Waals surface area contributed by atoms with Crippen molar-refractivity contribution in [2.75, 3.05) is 18.1 Å². The highest BCUT2D eigenvalue weighted by Crippen LogP contribution is 2.24. The molecule has 0 spiro atoms. The Bertz CT molecular complexity index is 1340. The van der Waals surface area contributed by atoms with Crippen molar-refractivity contribution in [2.24, 2.45) is 5.92 Å². The monoisotopic (exact) mass is 612 g/mol. The SMILES string of the molecule is CC(C)[C@H]1NC(=O)C[C@H]2C=CCCSSC[C@@H](NC1=O)C(=O)N[C@H](Cc1cccc3ccccc13)C(=O)NCC(=O)O2. The molecule has 4 rings (SSSR count). The van der Waals surface area contributed by atoms with E-state index in [2.05, 4.69) is 21.3 Å². The average molecular weight is 613 g/mol. The van der Waals surface area contributed by atoms with Crippen molar-refractivity contribution in [1.82, 2.24) is 21.3 Å². The van der Waals surface area contributed by atoms with Gasteiger partial charge in [0.05, 0.1) is 6.42 Å². The van der Waals surface area contributed by atoms with Crippen LogP contribution in [0, 0.1) is 5.92 Å². The van der Waals surface area contributed by atoms with Crippen molar-refractivity contribution in [2.45, 2.75) is 57.3 Å². The number of allylic oxidation sites excluding steroid dienone is 1. The number of hydrogen-bond donors (Lipinski definition) is 4. The van der Waals surface area contributed by atoms with Crippen molar-refractivity contribution in [1.29, 1.82) is 0 Å². The Morgan fingerprint density at radius 3 is 2.50 bits per heavy atom. The van der Waals surface area contributed by atoms with Gasteiger partial charge in [-0.15, -0.1) is 0 Å². The van der Waals surface area contributed by atoms with Gasteiger partial charge in [-0.1, -0.05) is 84.0 Å². The summed E-state index contributed by atoms with van der Waals surface area (Å²) in [6, 6.07) is 10.6. The first-order valence-electron chi connectivity index (χ1n) is 14.0. The van der Waals surface area contributed by atoms with Crippen LogP contribution in [0.15, 0.2) is 54.6 Å². The van der Waals surface area contributed by atoms with E-state index >= 15 is 0 Å². The van der Waals surface area contributed by atoms with Crippen LogP contribution in [0.1, 0.15) is 32.3 Å². The van der Waals surface area contributed by atoms with Crippen molar-refractivity contribution >= 4 is 62.0 Å². The third kappa shape index (κ3) is 8.75. The third-order valence-corrected chi connectivity index (χ3v) is 9.40. The van der Waals surface area contributed by atoms with Crippen molar-refractivity contribution in [3.8, 4) is 0 Å². The Morgan fingerprint density at radius 1 is 0.905 bits per heavy atom. The molecule has 1 saturated heterocycles. The maximum absolute atomic E-state index is 13.7. The number of esters is 1. The largest absolute Gasteiger partial charge is 0.456 e. The second-order valence-electron chi connectivity index (χ2n) is 10.5. The summed E-state index contributed by atoms with van der Waals surface area (Å²) in [5.74, 6) is -2.14.